The van der Waals surface area contributed by atoms with E-state index in [2.05, 4.69) is 15.6 Å². The van der Waals surface area contributed by atoms with Gasteiger partial charge in [-0.05, 0) is 36.1 Å². The summed E-state index contributed by atoms with van der Waals surface area (Å²) < 4.78 is 16.2. The van der Waals surface area contributed by atoms with Crippen LogP contribution >= 0.6 is 24.0 Å². The molecule has 0 aliphatic carbocycles. The highest BCUT2D eigenvalue weighted by Crippen LogP contribution is 2.32. The Morgan fingerprint density at radius 3 is 2.62 bits per heavy atom. The molecule has 0 saturated carbocycles. The maximum atomic E-state index is 10.8. The predicted octanol–water partition coefficient (Wildman–Crippen LogP) is 3.26. The van der Waals surface area contributed by atoms with Crippen LogP contribution in [0.25, 0.3) is 0 Å². The zero-order valence-corrected chi connectivity index (χ0v) is 19.9. The van der Waals surface area contributed by atoms with E-state index in [1.165, 1.54) is 12.1 Å². The van der Waals surface area contributed by atoms with Crippen molar-refractivity contribution < 1.29 is 19.1 Å². The first-order valence-electron chi connectivity index (χ1n) is 10.4. The molecule has 2 heterocycles. The predicted molar refractivity (Wildman–Crippen MR) is 131 cm³/mol. The van der Waals surface area contributed by atoms with Gasteiger partial charge in [0.05, 0.1) is 18.1 Å². The molecule has 2 N–H and O–H groups in total. The smallest absolute Gasteiger partial charge is 0.269 e. The average molecular weight is 554 g/mol. The van der Waals surface area contributed by atoms with E-state index in [0.717, 1.165) is 55.2 Å². The van der Waals surface area contributed by atoms with E-state index in [-0.39, 0.29) is 36.5 Å². The number of nitrogens with one attached hydrogen (secondary N) is 2. The number of nitro benzene ring substituents is 1. The van der Waals surface area contributed by atoms with Crippen molar-refractivity contribution in [1.29, 1.82) is 0 Å². The Balaban J connectivity index is 0.00000289. The molecule has 0 radical (unpaired) electrons. The molecule has 10 heteroatoms. The summed E-state index contributed by atoms with van der Waals surface area (Å²) in [5.41, 5.74) is 2.14. The lowest BCUT2D eigenvalue weighted by Crippen LogP contribution is -2.41. The first-order valence-corrected chi connectivity index (χ1v) is 10.4. The molecule has 0 amide bonds. The molecule has 1 atom stereocenters. The third-order valence-electron chi connectivity index (χ3n) is 5.29. The van der Waals surface area contributed by atoms with Crippen LogP contribution in [0.4, 0.5) is 5.69 Å². The van der Waals surface area contributed by atoms with Crippen LogP contribution in [-0.4, -0.2) is 44.0 Å². The summed E-state index contributed by atoms with van der Waals surface area (Å²) in [5.74, 6) is 2.75. The van der Waals surface area contributed by atoms with Crippen molar-refractivity contribution in [3.05, 3.63) is 63.7 Å². The molecule has 2 aromatic carbocycles. The highest BCUT2D eigenvalue weighted by molar-refractivity contribution is 14.0. The van der Waals surface area contributed by atoms with Crippen molar-refractivity contribution in [1.82, 2.24) is 10.6 Å². The van der Waals surface area contributed by atoms with E-state index in [4.69, 9.17) is 14.2 Å². The third-order valence-corrected chi connectivity index (χ3v) is 5.29. The van der Waals surface area contributed by atoms with E-state index in [1.54, 1.807) is 12.1 Å². The number of fused-ring (bicyclic) bond motifs is 1. The maximum absolute atomic E-state index is 10.8. The molecule has 4 rings (SSSR count). The van der Waals surface area contributed by atoms with Gasteiger partial charge in [-0.1, -0.05) is 18.2 Å². The summed E-state index contributed by atoms with van der Waals surface area (Å²) in [6, 6.07) is 12.4. The fourth-order valence-corrected chi connectivity index (χ4v) is 3.47. The number of nitrogens with zero attached hydrogens (tertiary/aromatic N) is 2. The Morgan fingerprint density at radius 2 is 1.88 bits per heavy atom. The van der Waals surface area contributed by atoms with Crippen molar-refractivity contribution in [2.24, 2.45) is 10.9 Å². The zero-order chi connectivity index (χ0) is 21.5. The number of non-ortho nitro benzene ring substituents is 1. The van der Waals surface area contributed by atoms with Crippen LogP contribution in [0.1, 0.15) is 17.5 Å². The van der Waals surface area contributed by atoms with Gasteiger partial charge in [0, 0.05) is 37.7 Å². The number of rotatable bonds is 8. The summed E-state index contributed by atoms with van der Waals surface area (Å²) in [6.07, 6.45) is 1.85. The van der Waals surface area contributed by atoms with E-state index >= 15 is 0 Å². The molecule has 172 valence electrons. The van der Waals surface area contributed by atoms with E-state index < -0.39 is 4.92 Å². The summed E-state index contributed by atoms with van der Waals surface area (Å²) in [6.45, 7) is 3.76. The zero-order valence-electron chi connectivity index (χ0n) is 17.6. The van der Waals surface area contributed by atoms with Gasteiger partial charge in [-0.25, -0.2) is 4.99 Å². The first kappa shape index (κ1) is 24.1. The van der Waals surface area contributed by atoms with Crippen molar-refractivity contribution in [3.63, 3.8) is 0 Å². The van der Waals surface area contributed by atoms with E-state index in [0.29, 0.717) is 25.0 Å². The molecule has 1 unspecified atom stereocenters. The minimum absolute atomic E-state index is 0. The monoisotopic (exact) mass is 554 g/mol. The maximum Gasteiger partial charge on any atom is 0.269 e. The van der Waals surface area contributed by atoms with Crippen LogP contribution in [0.5, 0.6) is 11.5 Å². The molecule has 2 aromatic rings. The number of aliphatic imine (C=N–C) groups is 1. The quantitative estimate of drug-likeness (QED) is 0.170. The van der Waals surface area contributed by atoms with Gasteiger partial charge in [-0.15, -0.1) is 24.0 Å². The molecule has 0 bridgehead atoms. The van der Waals surface area contributed by atoms with Crippen LogP contribution in [-0.2, 0) is 17.7 Å². The normalized spacial score (nSPS) is 17.0. The van der Waals surface area contributed by atoms with Crippen LogP contribution < -0.4 is 20.1 Å². The van der Waals surface area contributed by atoms with Gasteiger partial charge in [0.15, 0.2) is 17.5 Å². The number of ether oxygens (including phenoxy) is 3. The number of nitro groups is 1. The minimum atomic E-state index is -0.401. The molecular weight excluding hydrogens is 527 g/mol. The van der Waals surface area contributed by atoms with Gasteiger partial charge in [0.25, 0.3) is 5.69 Å². The Morgan fingerprint density at radius 1 is 1.09 bits per heavy atom. The Labute approximate surface area is 203 Å². The van der Waals surface area contributed by atoms with Gasteiger partial charge in [-0.3, -0.25) is 10.1 Å². The van der Waals surface area contributed by atoms with E-state index in [9.17, 15) is 10.1 Å². The minimum Gasteiger partial charge on any atom is -0.454 e. The second-order valence-electron chi connectivity index (χ2n) is 7.56. The fraction of sp³-hybridized carbons (Fsp3) is 0.409. The van der Waals surface area contributed by atoms with Crippen molar-refractivity contribution in [2.45, 2.75) is 19.4 Å². The summed E-state index contributed by atoms with van der Waals surface area (Å²) in [7, 11) is 0. The number of hydrogen-bond donors (Lipinski definition) is 2. The first-order chi connectivity index (χ1) is 15.2. The summed E-state index contributed by atoms with van der Waals surface area (Å²) in [5, 5.41) is 17.6. The molecule has 2 aliphatic heterocycles. The van der Waals surface area contributed by atoms with Gasteiger partial charge >= 0.3 is 0 Å². The number of guanidine groups is 1. The van der Waals surface area contributed by atoms with Crippen LogP contribution in [0.3, 0.4) is 0 Å². The molecule has 9 nitrogen and oxygen atoms in total. The highest BCUT2D eigenvalue weighted by atomic mass is 127. The largest absolute Gasteiger partial charge is 0.454 e. The number of halogens is 1. The molecule has 1 fully saturated rings. The van der Waals surface area contributed by atoms with Gasteiger partial charge in [0.1, 0.15) is 0 Å². The lowest BCUT2D eigenvalue weighted by molar-refractivity contribution is -0.384. The topological polar surface area (TPSA) is 107 Å². The molecule has 0 spiro atoms. The second kappa shape index (κ2) is 11.9. The Bertz CT molecular complexity index is 932. The summed E-state index contributed by atoms with van der Waals surface area (Å²) in [4.78, 5) is 15.1. The average Bonchev–Trinajstić information content (AvgIpc) is 3.47. The van der Waals surface area contributed by atoms with Gasteiger partial charge in [0.2, 0.25) is 6.79 Å². The van der Waals surface area contributed by atoms with Crippen LogP contribution in [0.2, 0.25) is 0 Å². The number of benzene rings is 2. The molecule has 1 saturated heterocycles. The molecule has 0 aromatic heterocycles. The SMILES string of the molecule is I.O=[N+]([O-])c1ccc(CN=C(NCCc2ccc3c(c2)OCO3)NCC2CCOC2)cc1. The lowest BCUT2D eigenvalue weighted by atomic mass is 10.1. The van der Waals surface area contributed by atoms with Crippen LogP contribution in [0.15, 0.2) is 47.5 Å². The van der Waals surface area contributed by atoms with Crippen LogP contribution in [0, 0.1) is 16.0 Å². The van der Waals surface area contributed by atoms with Gasteiger partial charge in [-0.2, -0.15) is 0 Å². The number of hydrogen-bond acceptors (Lipinski definition) is 6. The van der Waals surface area contributed by atoms with Crippen molar-refractivity contribution >= 4 is 35.6 Å². The van der Waals surface area contributed by atoms with Crippen molar-refractivity contribution in [2.75, 3.05) is 33.1 Å². The van der Waals surface area contributed by atoms with Gasteiger partial charge < -0.3 is 24.8 Å². The highest BCUT2D eigenvalue weighted by Gasteiger charge is 2.16. The molecule has 32 heavy (non-hydrogen) atoms. The molecule has 2 aliphatic rings. The second-order valence-corrected chi connectivity index (χ2v) is 7.56. The Kier molecular flexibility index (Phi) is 8.91. The Hall–Kier alpha value is -2.60. The van der Waals surface area contributed by atoms with E-state index in [1.807, 2.05) is 18.2 Å². The summed E-state index contributed by atoms with van der Waals surface area (Å²) >= 11 is 0. The standard InChI is InChI=1S/C22H26N4O5.HI/c27-26(28)19-4-1-17(2-5-19)12-24-22(25-13-18-8-10-29-14-18)23-9-7-16-3-6-20-21(11-16)31-15-30-20;/h1-6,11,18H,7-10,12-15H2,(H2,23,24,25);1H. The van der Waals surface area contributed by atoms with Crippen molar-refractivity contribution in [3.8, 4) is 11.5 Å². The lowest BCUT2D eigenvalue weighted by Gasteiger charge is -2.15. The molecular formula is C22H27IN4O5. The third kappa shape index (κ3) is 6.70. The fourth-order valence-electron chi connectivity index (χ4n) is 3.47.